The lowest BCUT2D eigenvalue weighted by atomic mass is 10.3. The zero-order valence-corrected chi connectivity index (χ0v) is 11.9. The molecule has 1 N–H and O–H groups in total. The van der Waals surface area contributed by atoms with Gasteiger partial charge < -0.3 is 14.8 Å². The fraction of sp³-hybridized carbons (Fsp3) is 0.571. The summed E-state index contributed by atoms with van der Waals surface area (Å²) in [6, 6.07) is 6.76. The standard InChI is InChI=1S/C14H21NO2S/c1-11(2)15-6-3-9-18-12-4-5-13-14(10-12)17-8-7-16-13/h4-5,10-11,15H,3,6-9H2,1-2H3. The minimum absolute atomic E-state index is 0.573. The van der Waals surface area contributed by atoms with Gasteiger partial charge in [0.05, 0.1) is 0 Å². The van der Waals surface area contributed by atoms with Crippen LogP contribution in [0.2, 0.25) is 0 Å². The minimum Gasteiger partial charge on any atom is -0.486 e. The molecule has 0 fully saturated rings. The molecule has 0 amide bonds. The molecule has 0 bridgehead atoms. The second kappa shape index (κ2) is 6.90. The fourth-order valence-corrected chi connectivity index (χ4v) is 2.65. The van der Waals surface area contributed by atoms with E-state index in [1.165, 1.54) is 11.3 Å². The van der Waals surface area contributed by atoms with Gasteiger partial charge in [0.15, 0.2) is 11.5 Å². The fourth-order valence-electron chi connectivity index (χ4n) is 1.77. The van der Waals surface area contributed by atoms with Crippen molar-refractivity contribution < 1.29 is 9.47 Å². The normalized spacial score (nSPS) is 13.9. The predicted octanol–water partition coefficient (Wildman–Crippen LogP) is 2.94. The Hall–Kier alpha value is -0.870. The third-order valence-corrected chi connectivity index (χ3v) is 3.74. The maximum atomic E-state index is 5.57. The van der Waals surface area contributed by atoms with Crippen molar-refractivity contribution in [2.24, 2.45) is 0 Å². The quantitative estimate of drug-likeness (QED) is 0.634. The summed E-state index contributed by atoms with van der Waals surface area (Å²) in [6.45, 7) is 6.73. The molecule has 3 nitrogen and oxygen atoms in total. The van der Waals surface area contributed by atoms with Crippen LogP contribution in [0.25, 0.3) is 0 Å². The van der Waals surface area contributed by atoms with Gasteiger partial charge in [0.1, 0.15) is 13.2 Å². The Balaban J connectivity index is 1.76. The Kier molecular flexibility index (Phi) is 5.20. The first-order chi connectivity index (χ1) is 8.75. The average Bonchev–Trinajstić information content (AvgIpc) is 2.38. The molecular formula is C14H21NO2S. The van der Waals surface area contributed by atoms with Crippen molar-refractivity contribution in [1.82, 2.24) is 5.32 Å². The lowest BCUT2D eigenvalue weighted by Gasteiger charge is -2.18. The number of ether oxygens (including phenoxy) is 2. The van der Waals surface area contributed by atoms with Gasteiger partial charge in [-0.2, -0.15) is 0 Å². The van der Waals surface area contributed by atoms with Gasteiger partial charge in [0, 0.05) is 10.9 Å². The van der Waals surface area contributed by atoms with Crippen LogP contribution in [0.1, 0.15) is 20.3 Å². The van der Waals surface area contributed by atoms with Crippen LogP contribution in [0.3, 0.4) is 0 Å². The molecule has 2 rings (SSSR count). The molecule has 0 spiro atoms. The highest BCUT2D eigenvalue weighted by molar-refractivity contribution is 7.99. The molecule has 0 radical (unpaired) electrons. The summed E-state index contributed by atoms with van der Waals surface area (Å²) in [7, 11) is 0. The van der Waals surface area contributed by atoms with Gasteiger partial charge in [0.25, 0.3) is 0 Å². The SMILES string of the molecule is CC(C)NCCCSc1ccc2c(c1)OCCO2. The molecule has 1 aromatic carbocycles. The van der Waals surface area contributed by atoms with Crippen molar-refractivity contribution in [3.63, 3.8) is 0 Å². The van der Waals surface area contributed by atoms with Gasteiger partial charge in [0.2, 0.25) is 0 Å². The molecular weight excluding hydrogens is 246 g/mol. The third-order valence-electron chi connectivity index (χ3n) is 2.66. The Bertz CT molecular complexity index is 382. The summed E-state index contributed by atoms with van der Waals surface area (Å²) in [5.41, 5.74) is 0. The van der Waals surface area contributed by atoms with Crippen LogP contribution in [0.5, 0.6) is 11.5 Å². The van der Waals surface area contributed by atoms with Crippen molar-refractivity contribution in [2.75, 3.05) is 25.5 Å². The van der Waals surface area contributed by atoms with Crippen molar-refractivity contribution in [3.8, 4) is 11.5 Å². The molecule has 1 aliphatic heterocycles. The summed E-state index contributed by atoms with van der Waals surface area (Å²) < 4.78 is 11.1. The summed E-state index contributed by atoms with van der Waals surface area (Å²) in [6.07, 6.45) is 1.18. The van der Waals surface area contributed by atoms with Gasteiger partial charge in [-0.15, -0.1) is 11.8 Å². The van der Waals surface area contributed by atoms with Gasteiger partial charge >= 0.3 is 0 Å². The lowest BCUT2D eigenvalue weighted by molar-refractivity contribution is 0.171. The van der Waals surface area contributed by atoms with Gasteiger partial charge in [-0.3, -0.25) is 0 Å². The lowest BCUT2D eigenvalue weighted by Crippen LogP contribution is -2.23. The third kappa shape index (κ3) is 4.10. The average molecular weight is 267 g/mol. The second-order valence-electron chi connectivity index (χ2n) is 4.62. The Morgan fingerprint density at radius 3 is 2.78 bits per heavy atom. The molecule has 4 heteroatoms. The summed E-state index contributed by atoms with van der Waals surface area (Å²) >= 11 is 1.87. The van der Waals surface area contributed by atoms with Crippen molar-refractivity contribution >= 4 is 11.8 Å². The largest absolute Gasteiger partial charge is 0.486 e. The highest BCUT2D eigenvalue weighted by atomic mass is 32.2. The Labute approximate surface area is 113 Å². The van der Waals surface area contributed by atoms with Crippen LogP contribution in [0.4, 0.5) is 0 Å². The molecule has 0 aromatic heterocycles. The molecule has 0 aliphatic carbocycles. The minimum atomic E-state index is 0.573. The van der Waals surface area contributed by atoms with Crippen molar-refractivity contribution in [3.05, 3.63) is 18.2 Å². The van der Waals surface area contributed by atoms with E-state index in [4.69, 9.17) is 9.47 Å². The molecule has 0 atom stereocenters. The highest BCUT2D eigenvalue weighted by Crippen LogP contribution is 2.34. The first kappa shape index (κ1) is 13.6. The number of thioether (sulfide) groups is 1. The summed E-state index contributed by atoms with van der Waals surface area (Å²) in [5, 5.41) is 3.42. The second-order valence-corrected chi connectivity index (χ2v) is 5.78. The smallest absolute Gasteiger partial charge is 0.162 e. The Morgan fingerprint density at radius 2 is 2.00 bits per heavy atom. The maximum Gasteiger partial charge on any atom is 0.162 e. The van der Waals surface area contributed by atoms with E-state index in [1.54, 1.807) is 0 Å². The van der Waals surface area contributed by atoms with Crippen molar-refractivity contribution in [2.45, 2.75) is 31.2 Å². The molecule has 1 heterocycles. The van der Waals surface area contributed by atoms with Crippen LogP contribution >= 0.6 is 11.8 Å². The van der Waals surface area contributed by atoms with Crippen LogP contribution < -0.4 is 14.8 Å². The zero-order chi connectivity index (χ0) is 12.8. The molecule has 1 aliphatic rings. The molecule has 0 unspecified atom stereocenters. The van der Waals surface area contributed by atoms with E-state index >= 15 is 0 Å². The van der Waals surface area contributed by atoms with Crippen molar-refractivity contribution in [1.29, 1.82) is 0 Å². The van der Waals surface area contributed by atoms with Crippen LogP contribution in [-0.4, -0.2) is 31.6 Å². The van der Waals surface area contributed by atoms with E-state index in [2.05, 4.69) is 31.3 Å². The topological polar surface area (TPSA) is 30.5 Å². The van der Waals surface area contributed by atoms with Gasteiger partial charge in [-0.05, 0) is 36.9 Å². The number of benzene rings is 1. The Morgan fingerprint density at radius 1 is 1.22 bits per heavy atom. The maximum absolute atomic E-state index is 5.57. The summed E-state index contributed by atoms with van der Waals surface area (Å²) in [4.78, 5) is 1.25. The first-order valence-corrected chi connectivity index (χ1v) is 7.50. The monoisotopic (exact) mass is 267 g/mol. The number of rotatable bonds is 6. The molecule has 1 aromatic rings. The van der Waals surface area contributed by atoms with E-state index in [1.807, 2.05) is 17.8 Å². The van der Waals surface area contributed by atoms with Gasteiger partial charge in [-0.1, -0.05) is 13.8 Å². The van der Waals surface area contributed by atoms with Gasteiger partial charge in [-0.25, -0.2) is 0 Å². The zero-order valence-electron chi connectivity index (χ0n) is 11.1. The molecule has 0 saturated carbocycles. The van der Waals surface area contributed by atoms with Crippen LogP contribution in [0.15, 0.2) is 23.1 Å². The number of hydrogen-bond acceptors (Lipinski definition) is 4. The highest BCUT2D eigenvalue weighted by Gasteiger charge is 2.11. The summed E-state index contributed by atoms with van der Waals surface area (Å²) in [5.74, 6) is 2.87. The number of fused-ring (bicyclic) bond motifs is 1. The van der Waals surface area contributed by atoms with E-state index in [0.29, 0.717) is 19.3 Å². The predicted molar refractivity (Wildman–Crippen MR) is 75.9 cm³/mol. The van der Waals surface area contributed by atoms with E-state index < -0.39 is 0 Å². The first-order valence-electron chi connectivity index (χ1n) is 6.51. The van der Waals surface area contributed by atoms with Crippen LogP contribution in [-0.2, 0) is 0 Å². The number of nitrogens with one attached hydrogen (secondary N) is 1. The van der Waals surface area contributed by atoms with E-state index in [-0.39, 0.29) is 0 Å². The van der Waals surface area contributed by atoms with Crippen LogP contribution in [0, 0.1) is 0 Å². The molecule has 0 saturated heterocycles. The molecule has 100 valence electrons. The van der Waals surface area contributed by atoms with E-state index in [9.17, 15) is 0 Å². The van der Waals surface area contributed by atoms with E-state index in [0.717, 1.165) is 23.8 Å². The molecule has 18 heavy (non-hydrogen) atoms. The number of hydrogen-bond donors (Lipinski definition) is 1.